The molecule has 0 rings (SSSR count). The lowest BCUT2D eigenvalue weighted by Crippen LogP contribution is -2.26. The Bertz CT molecular complexity index is 195. The van der Waals surface area contributed by atoms with Gasteiger partial charge in [0, 0.05) is 26.4 Å². The Labute approximate surface area is 90.2 Å². The average Bonchev–Trinajstić information content (AvgIpc) is 2.19. The van der Waals surface area contributed by atoms with E-state index in [2.05, 4.69) is 10.6 Å². The summed E-state index contributed by atoms with van der Waals surface area (Å²) in [6.07, 6.45) is 3.12. The molecule has 0 saturated carbocycles. The third-order valence-electron chi connectivity index (χ3n) is 1.89. The zero-order valence-corrected chi connectivity index (χ0v) is 9.21. The SMILES string of the molecule is CC(=O)NCCCCCC(=O)NCCO. The summed E-state index contributed by atoms with van der Waals surface area (Å²) in [5.74, 6) is -0.0423. The van der Waals surface area contributed by atoms with E-state index in [4.69, 9.17) is 5.11 Å². The van der Waals surface area contributed by atoms with Crippen LogP contribution in [-0.2, 0) is 9.59 Å². The van der Waals surface area contributed by atoms with E-state index in [1.54, 1.807) is 0 Å². The van der Waals surface area contributed by atoms with E-state index >= 15 is 0 Å². The molecule has 0 aliphatic carbocycles. The van der Waals surface area contributed by atoms with Crippen molar-refractivity contribution >= 4 is 11.8 Å². The van der Waals surface area contributed by atoms with Gasteiger partial charge in [-0.25, -0.2) is 0 Å². The molecule has 0 spiro atoms. The second-order valence-corrected chi connectivity index (χ2v) is 3.37. The third kappa shape index (κ3) is 10.8. The molecule has 5 heteroatoms. The van der Waals surface area contributed by atoms with Crippen molar-refractivity contribution in [3.05, 3.63) is 0 Å². The van der Waals surface area contributed by atoms with Crippen LogP contribution < -0.4 is 10.6 Å². The Morgan fingerprint density at radius 1 is 1.07 bits per heavy atom. The van der Waals surface area contributed by atoms with E-state index in [1.807, 2.05) is 0 Å². The maximum atomic E-state index is 11.1. The van der Waals surface area contributed by atoms with Gasteiger partial charge in [-0.2, -0.15) is 0 Å². The molecule has 0 aliphatic heterocycles. The lowest BCUT2D eigenvalue weighted by Gasteiger charge is -2.03. The molecule has 2 amide bonds. The predicted molar refractivity (Wildman–Crippen MR) is 57.2 cm³/mol. The van der Waals surface area contributed by atoms with Crippen molar-refractivity contribution < 1.29 is 14.7 Å². The van der Waals surface area contributed by atoms with Crippen LogP contribution >= 0.6 is 0 Å². The Kier molecular flexibility index (Phi) is 8.76. The molecule has 88 valence electrons. The predicted octanol–water partition coefficient (Wildman–Crippen LogP) is -0.209. The van der Waals surface area contributed by atoms with Crippen LogP contribution in [0.3, 0.4) is 0 Å². The smallest absolute Gasteiger partial charge is 0.220 e. The van der Waals surface area contributed by atoms with Gasteiger partial charge in [0.1, 0.15) is 0 Å². The summed E-state index contributed by atoms with van der Waals surface area (Å²) in [5.41, 5.74) is 0. The fraction of sp³-hybridized carbons (Fsp3) is 0.800. The second kappa shape index (κ2) is 9.45. The molecule has 0 aliphatic rings. The lowest BCUT2D eigenvalue weighted by atomic mass is 10.2. The molecular formula is C10H20N2O3. The van der Waals surface area contributed by atoms with Crippen LogP contribution in [0.4, 0.5) is 0 Å². The summed E-state index contributed by atoms with van der Waals surface area (Å²) in [5, 5.41) is 13.7. The van der Waals surface area contributed by atoms with Gasteiger partial charge in [0.05, 0.1) is 6.61 Å². The Hall–Kier alpha value is -1.10. The number of amides is 2. The minimum atomic E-state index is -0.0245. The van der Waals surface area contributed by atoms with E-state index in [-0.39, 0.29) is 18.4 Å². The lowest BCUT2D eigenvalue weighted by molar-refractivity contribution is -0.121. The summed E-state index contributed by atoms with van der Waals surface area (Å²) in [7, 11) is 0. The summed E-state index contributed by atoms with van der Waals surface area (Å²) in [6, 6.07) is 0. The van der Waals surface area contributed by atoms with Crippen LogP contribution in [0.25, 0.3) is 0 Å². The molecule has 0 aromatic rings. The first kappa shape index (κ1) is 13.9. The molecule has 0 saturated heterocycles. The number of aliphatic hydroxyl groups is 1. The van der Waals surface area contributed by atoms with Crippen molar-refractivity contribution in [3.63, 3.8) is 0 Å². The Morgan fingerprint density at radius 2 is 1.80 bits per heavy atom. The molecule has 0 aromatic carbocycles. The minimum absolute atomic E-state index is 0.0179. The molecule has 0 heterocycles. The molecule has 0 bridgehead atoms. The number of carbonyl (C=O) groups excluding carboxylic acids is 2. The van der Waals surface area contributed by atoms with Gasteiger partial charge in [0.25, 0.3) is 0 Å². The highest BCUT2D eigenvalue weighted by Gasteiger charge is 1.99. The number of nitrogens with one attached hydrogen (secondary N) is 2. The van der Waals surface area contributed by atoms with Gasteiger partial charge in [-0.1, -0.05) is 6.42 Å². The molecule has 0 aromatic heterocycles. The Balaban J connectivity index is 3.16. The monoisotopic (exact) mass is 216 g/mol. The Morgan fingerprint density at radius 3 is 2.40 bits per heavy atom. The minimum Gasteiger partial charge on any atom is -0.395 e. The number of unbranched alkanes of at least 4 members (excludes halogenated alkanes) is 2. The van der Waals surface area contributed by atoms with E-state index in [0.29, 0.717) is 19.5 Å². The van der Waals surface area contributed by atoms with Crippen molar-refractivity contribution in [2.24, 2.45) is 0 Å². The van der Waals surface area contributed by atoms with Crippen molar-refractivity contribution in [2.75, 3.05) is 19.7 Å². The molecule has 15 heavy (non-hydrogen) atoms. The van der Waals surface area contributed by atoms with Gasteiger partial charge >= 0.3 is 0 Å². The van der Waals surface area contributed by atoms with Crippen LogP contribution in [0, 0.1) is 0 Å². The number of carbonyl (C=O) groups is 2. The fourth-order valence-electron chi connectivity index (χ4n) is 1.14. The molecular weight excluding hydrogens is 196 g/mol. The molecule has 0 atom stereocenters. The van der Waals surface area contributed by atoms with Crippen LogP contribution in [0.1, 0.15) is 32.6 Å². The number of hydrogen-bond acceptors (Lipinski definition) is 3. The van der Waals surface area contributed by atoms with Gasteiger partial charge < -0.3 is 15.7 Å². The number of rotatable bonds is 8. The maximum absolute atomic E-state index is 11.1. The molecule has 0 unspecified atom stereocenters. The topological polar surface area (TPSA) is 78.4 Å². The highest BCUT2D eigenvalue weighted by Crippen LogP contribution is 1.98. The van der Waals surface area contributed by atoms with E-state index in [9.17, 15) is 9.59 Å². The summed E-state index contributed by atoms with van der Waals surface area (Å²) in [6.45, 7) is 2.47. The molecule has 0 fully saturated rings. The van der Waals surface area contributed by atoms with Crippen molar-refractivity contribution in [3.8, 4) is 0 Å². The van der Waals surface area contributed by atoms with Gasteiger partial charge in [0.15, 0.2) is 0 Å². The van der Waals surface area contributed by atoms with Crippen molar-refractivity contribution in [2.45, 2.75) is 32.6 Å². The fourth-order valence-corrected chi connectivity index (χ4v) is 1.14. The van der Waals surface area contributed by atoms with Gasteiger partial charge in [-0.05, 0) is 12.8 Å². The zero-order valence-electron chi connectivity index (χ0n) is 9.21. The van der Waals surface area contributed by atoms with Crippen LogP contribution in [0.2, 0.25) is 0 Å². The summed E-state index contributed by atoms with van der Waals surface area (Å²) < 4.78 is 0. The third-order valence-corrected chi connectivity index (χ3v) is 1.89. The van der Waals surface area contributed by atoms with E-state index < -0.39 is 0 Å². The molecule has 0 radical (unpaired) electrons. The average molecular weight is 216 g/mol. The number of hydrogen-bond donors (Lipinski definition) is 3. The highest BCUT2D eigenvalue weighted by atomic mass is 16.3. The number of aliphatic hydroxyl groups excluding tert-OH is 1. The van der Waals surface area contributed by atoms with E-state index in [0.717, 1.165) is 19.3 Å². The normalized spacial score (nSPS) is 9.73. The quantitative estimate of drug-likeness (QED) is 0.491. The first-order valence-corrected chi connectivity index (χ1v) is 5.29. The van der Waals surface area contributed by atoms with Crippen molar-refractivity contribution in [1.82, 2.24) is 10.6 Å². The highest BCUT2D eigenvalue weighted by molar-refractivity contribution is 5.75. The van der Waals surface area contributed by atoms with E-state index in [1.165, 1.54) is 6.92 Å². The van der Waals surface area contributed by atoms with Gasteiger partial charge in [-0.3, -0.25) is 9.59 Å². The second-order valence-electron chi connectivity index (χ2n) is 3.37. The van der Waals surface area contributed by atoms with Crippen LogP contribution in [0.15, 0.2) is 0 Å². The maximum Gasteiger partial charge on any atom is 0.220 e. The summed E-state index contributed by atoms with van der Waals surface area (Å²) in [4.78, 5) is 21.6. The van der Waals surface area contributed by atoms with Crippen LogP contribution in [0.5, 0.6) is 0 Å². The summed E-state index contributed by atoms with van der Waals surface area (Å²) >= 11 is 0. The molecule has 3 N–H and O–H groups in total. The first-order valence-electron chi connectivity index (χ1n) is 5.29. The van der Waals surface area contributed by atoms with Crippen molar-refractivity contribution in [1.29, 1.82) is 0 Å². The van der Waals surface area contributed by atoms with Gasteiger partial charge in [-0.15, -0.1) is 0 Å². The first-order chi connectivity index (χ1) is 7.16. The standard InChI is InChI=1S/C10H20N2O3/c1-9(14)11-6-4-2-3-5-10(15)12-7-8-13/h13H,2-8H2,1H3,(H,11,14)(H,12,15). The van der Waals surface area contributed by atoms with Crippen LogP contribution in [-0.4, -0.2) is 36.6 Å². The largest absolute Gasteiger partial charge is 0.395 e. The molecule has 5 nitrogen and oxygen atoms in total. The zero-order chi connectivity index (χ0) is 11.5. The van der Waals surface area contributed by atoms with Gasteiger partial charge in [0.2, 0.25) is 11.8 Å².